The number of carbonyl (C=O) groups is 1. The Morgan fingerprint density at radius 1 is 1.40 bits per heavy atom. The maximum absolute atomic E-state index is 12.5. The molecule has 0 radical (unpaired) electrons. The van der Waals surface area contributed by atoms with Gasteiger partial charge in [-0.3, -0.25) is 4.79 Å². The fraction of sp³-hybridized carbons (Fsp3) is 0.467. The van der Waals surface area contributed by atoms with Crippen molar-refractivity contribution in [1.29, 1.82) is 5.26 Å². The predicted octanol–water partition coefficient (Wildman–Crippen LogP) is 5.15. The number of hydrogen-bond acceptors (Lipinski definition) is 2. The van der Waals surface area contributed by atoms with E-state index in [4.69, 9.17) is 11.6 Å². The van der Waals surface area contributed by atoms with E-state index < -0.39 is 5.41 Å². The van der Waals surface area contributed by atoms with Crippen LogP contribution in [-0.2, 0) is 4.79 Å². The SMILES string of the molecule is CCCC(C#N)(CCC)C(=O)Nc1cc(Br)ccc1Cl. The molecular formula is C15H18BrClN2O. The average Bonchev–Trinajstić information content (AvgIpc) is 2.42. The van der Waals surface area contributed by atoms with E-state index in [2.05, 4.69) is 27.3 Å². The maximum Gasteiger partial charge on any atom is 0.244 e. The van der Waals surface area contributed by atoms with Crippen LogP contribution in [0.4, 0.5) is 5.69 Å². The highest BCUT2D eigenvalue weighted by molar-refractivity contribution is 9.10. The summed E-state index contributed by atoms with van der Waals surface area (Å²) in [6, 6.07) is 7.44. The molecule has 0 aromatic heterocycles. The lowest BCUT2D eigenvalue weighted by Crippen LogP contribution is -2.35. The smallest absolute Gasteiger partial charge is 0.244 e. The molecule has 20 heavy (non-hydrogen) atoms. The molecule has 0 aliphatic rings. The van der Waals surface area contributed by atoms with Crippen molar-refractivity contribution < 1.29 is 4.79 Å². The van der Waals surface area contributed by atoms with Crippen LogP contribution in [0.25, 0.3) is 0 Å². The van der Waals surface area contributed by atoms with Crippen LogP contribution in [0.3, 0.4) is 0 Å². The molecule has 0 saturated heterocycles. The molecule has 0 bridgehead atoms. The van der Waals surface area contributed by atoms with Gasteiger partial charge in [0.25, 0.3) is 0 Å². The Bertz CT molecular complexity index is 519. The number of nitrogens with zero attached hydrogens (tertiary/aromatic N) is 1. The highest BCUT2D eigenvalue weighted by Crippen LogP contribution is 2.33. The number of hydrogen-bond donors (Lipinski definition) is 1. The van der Waals surface area contributed by atoms with Gasteiger partial charge in [0.1, 0.15) is 5.41 Å². The Morgan fingerprint density at radius 3 is 2.50 bits per heavy atom. The standard InChI is InChI=1S/C15H18BrClN2O/c1-3-7-15(10-18,8-4-2)14(20)19-13-9-11(16)5-6-12(13)17/h5-6,9H,3-4,7-8H2,1-2H3,(H,19,20). The summed E-state index contributed by atoms with van der Waals surface area (Å²) in [4.78, 5) is 12.5. The summed E-state index contributed by atoms with van der Waals surface area (Å²) in [6.45, 7) is 3.95. The predicted molar refractivity (Wildman–Crippen MR) is 85.6 cm³/mol. The summed E-state index contributed by atoms with van der Waals surface area (Å²) in [6.07, 6.45) is 2.67. The summed E-state index contributed by atoms with van der Waals surface area (Å²) in [5.74, 6) is -0.274. The Hall–Kier alpha value is -1.05. The van der Waals surface area contributed by atoms with Crippen LogP contribution in [0, 0.1) is 16.7 Å². The van der Waals surface area contributed by atoms with Gasteiger partial charge in [0, 0.05) is 4.47 Å². The normalized spacial score (nSPS) is 10.9. The molecule has 0 saturated carbocycles. The molecule has 5 heteroatoms. The molecule has 0 aliphatic heterocycles. The summed E-state index contributed by atoms with van der Waals surface area (Å²) >= 11 is 9.41. The Labute approximate surface area is 133 Å². The fourth-order valence-electron chi connectivity index (χ4n) is 2.20. The van der Waals surface area contributed by atoms with Gasteiger partial charge >= 0.3 is 0 Å². The van der Waals surface area contributed by atoms with E-state index in [1.807, 2.05) is 13.8 Å². The lowest BCUT2D eigenvalue weighted by molar-refractivity contribution is -0.123. The highest BCUT2D eigenvalue weighted by Gasteiger charge is 2.37. The van der Waals surface area contributed by atoms with Crippen LogP contribution in [0.5, 0.6) is 0 Å². The van der Waals surface area contributed by atoms with Crippen LogP contribution in [0.1, 0.15) is 39.5 Å². The average molecular weight is 358 g/mol. The molecule has 0 aliphatic carbocycles. The second-order valence-corrected chi connectivity index (χ2v) is 6.10. The fourth-order valence-corrected chi connectivity index (χ4v) is 2.73. The minimum Gasteiger partial charge on any atom is -0.323 e. The second-order valence-electron chi connectivity index (χ2n) is 4.77. The number of nitrogens with one attached hydrogen (secondary N) is 1. The Morgan fingerprint density at radius 2 is 2.00 bits per heavy atom. The summed E-state index contributed by atoms with van der Waals surface area (Å²) < 4.78 is 0.825. The summed E-state index contributed by atoms with van der Waals surface area (Å²) in [5, 5.41) is 12.7. The first-order valence-corrected chi connectivity index (χ1v) is 7.84. The molecule has 0 atom stereocenters. The van der Waals surface area contributed by atoms with E-state index in [1.165, 1.54) is 0 Å². The van der Waals surface area contributed by atoms with Gasteiger partial charge in [-0.2, -0.15) is 5.26 Å². The van der Waals surface area contributed by atoms with Crippen molar-refractivity contribution in [3.8, 4) is 6.07 Å². The van der Waals surface area contributed by atoms with Crippen LogP contribution in [-0.4, -0.2) is 5.91 Å². The minimum atomic E-state index is -0.977. The molecular weight excluding hydrogens is 340 g/mol. The van der Waals surface area contributed by atoms with Crippen LogP contribution in [0.15, 0.2) is 22.7 Å². The van der Waals surface area contributed by atoms with Gasteiger partial charge in [0.05, 0.1) is 16.8 Å². The van der Waals surface area contributed by atoms with Crippen molar-refractivity contribution in [2.24, 2.45) is 5.41 Å². The second kappa shape index (κ2) is 7.66. The van der Waals surface area contributed by atoms with Gasteiger partial charge < -0.3 is 5.32 Å². The maximum atomic E-state index is 12.5. The van der Waals surface area contributed by atoms with E-state index in [0.717, 1.165) is 17.3 Å². The third kappa shape index (κ3) is 3.97. The zero-order valence-corrected chi connectivity index (χ0v) is 14.0. The first-order chi connectivity index (χ1) is 9.49. The zero-order valence-electron chi connectivity index (χ0n) is 11.7. The molecule has 0 unspecified atom stereocenters. The van der Waals surface area contributed by atoms with Gasteiger partial charge in [-0.15, -0.1) is 0 Å². The Balaban J connectivity index is 3.02. The zero-order chi connectivity index (χ0) is 15.2. The van der Waals surface area contributed by atoms with Crippen molar-refractivity contribution in [1.82, 2.24) is 0 Å². The van der Waals surface area contributed by atoms with Crippen molar-refractivity contribution in [3.63, 3.8) is 0 Å². The molecule has 108 valence electrons. The van der Waals surface area contributed by atoms with Crippen LogP contribution < -0.4 is 5.32 Å². The van der Waals surface area contributed by atoms with Gasteiger partial charge in [-0.25, -0.2) is 0 Å². The quantitative estimate of drug-likeness (QED) is 0.765. The molecule has 1 rings (SSSR count). The number of benzene rings is 1. The lowest BCUT2D eigenvalue weighted by Gasteiger charge is -2.24. The highest BCUT2D eigenvalue weighted by atomic mass is 79.9. The van der Waals surface area contributed by atoms with Crippen molar-refractivity contribution >= 4 is 39.1 Å². The van der Waals surface area contributed by atoms with Crippen molar-refractivity contribution in [2.75, 3.05) is 5.32 Å². The van der Waals surface area contributed by atoms with E-state index in [9.17, 15) is 10.1 Å². The van der Waals surface area contributed by atoms with Gasteiger partial charge in [0.15, 0.2) is 0 Å². The number of carbonyl (C=O) groups excluding carboxylic acids is 1. The molecule has 1 N–H and O–H groups in total. The van der Waals surface area contributed by atoms with E-state index in [1.54, 1.807) is 18.2 Å². The van der Waals surface area contributed by atoms with Crippen LogP contribution in [0.2, 0.25) is 5.02 Å². The molecule has 0 heterocycles. The number of halogens is 2. The molecule has 1 aromatic carbocycles. The summed E-state index contributed by atoms with van der Waals surface area (Å²) in [7, 11) is 0. The molecule has 1 amide bonds. The van der Waals surface area contributed by atoms with Crippen LogP contribution >= 0.6 is 27.5 Å². The number of anilines is 1. The lowest BCUT2D eigenvalue weighted by atomic mass is 9.79. The van der Waals surface area contributed by atoms with Gasteiger partial charge in [0.2, 0.25) is 5.91 Å². The molecule has 3 nitrogen and oxygen atoms in total. The third-order valence-corrected chi connectivity index (χ3v) is 4.00. The molecule has 1 aromatic rings. The molecule has 0 fully saturated rings. The number of nitriles is 1. The summed E-state index contributed by atoms with van der Waals surface area (Å²) in [5.41, 5.74) is -0.451. The minimum absolute atomic E-state index is 0.274. The van der Waals surface area contributed by atoms with E-state index >= 15 is 0 Å². The topological polar surface area (TPSA) is 52.9 Å². The van der Waals surface area contributed by atoms with Gasteiger partial charge in [-0.05, 0) is 31.0 Å². The third-order valence-electron chi connectivity index (χ3n) is 3.18. The first-order valence-electron chi connectivity index (χ1n) is 6.67. The number of rotatable bonds is 6. The van der Waals surface area contributed by atoms with E-state index in [0.29, 0.717) is 23.6 Å². The number of amides is 1. The largest absolute Gasteiger partial charge is 0.323 e. The van der Waals surface area contributed by atoms with Crippen molar-refractivity contribution in [3.05, 3.63) is 27.7 Å². The monoisotopic (exact) mass is 356 g/mol. The first kappa shape index (κ1) is 17.0. The molecule has 0 spiro atoms. The van der Waals surface area contributed by atoms with Crippen molar-refractivity contribution in [2.45, 2.75) is 39.5 Å². The van der Waals surface area contributed by atoms with Gasteiger partial charge in [-0.1, -0.05) is 54.2 Å². The Kier molecular flexibility index (Phi) is 6.51. The van der Waals surface area contributed by atoms with E-state index in [-0.39, 0.29) is 5.91 Å².